The molecule has 1 N–H and O–H groups in total. The SMILES string of the molecule is Cc1nn(-c2ccccc2)c2c1C(c1ccc(F)cc1)C1=C(CC(C)(C)CC1=O)N2. The number of ketones is 1. The molecule has 0 spiro atoms. The fourth-order valence-corrected chi connectivity index (χ4v) is 4.82. The van der Waals surface area contributed by atoms with Crippen molar-refractivity contribution in [1.82, 2.24) is 9.78 Å². The Morgan fingerprint density at radius 1 is 1.07 bits per heavy atom. The van der Waals surface area contributed by atoms with Gasteiger partial charge in [0, 0.05) is 29.2 Å². The number of carbonyl (C=O) groups excluding carboxylic acids is 1. The van der Waals surface area contributed by atoms with Gasteiger partial charge in [0.1, 0.15) is 11.6 Å². The molecule has 0 saturated carbocycles. The summed E-state index contributed by atoms with van der Waals surface area (Å²) in [6.07, 6.45) is 1.29. The Morgan fingerprint density at radius 2 is 1.77 bits per heavy atom. The number of nitrogens with zero attached hydrogens (tertiary/aromatic N) is 2. The van der Waals surface area contributed by atoms with Gasteiger partial charge in [0.2, 0.25) is 0 Å². The van der Waals surface area contributed by atoms with Crippen molar-refractivity contribution in [3.8, 4) is 5.69 Å². The van der Waals surface area contributed by atoms with Gasteiger partial charge >= 0.3 is 0 Å². The Balaban J connectivity index is 1.76. The first-order valence-corrected chi connectivity index (χ1v) is 10.3. The summed E-state index contributed by atoms with van der Waals surface area (Å²) in [6.45, 7) is 6.22. The molecular weight excluding hydrogens is 377 g/mol. The van der Waals surface area contributed by atoms with Gasteiger partial charge in [0.05, 0.1) is 11.4 Å². The third-order valence-electron chi connectivity index (χ3n) is 6.08. The second-order valence-corrected chi connectivity index (χ2v) is 9.04. The normalized spacial score (nSPS) is 19.9. The van der Waals surface area contributed by atoms with Crippen LogP contribution >= 0.6 is 0 Å². The molecule has 0 bridgehead atoms. The molecule has 1 atom stereocenters. The highest BCUT2D eigenvalue weighted by atomic mass is 19.1. The smallest absolute Gasteiger partial charge is 0.162 e. The molecule has 2 aliphatic rings. The molecule has 5 heteroatoms. The lowest BCUT2D eigenvalue weighted by atomic mass is 9.69. The van der Waals surface area contributed by atoms with Crippen LogP contribution in [-0.2, 0) is 4.79 Å². The first-order valence-electron chi connectivity index (χ1n) is 10.3. The molecule has 2 aromatic carbocycles. The van der Waals surface area contributed by atoms with Crippen LogP contribution in [0.25, 0.3) is 5.69 Å². The second kappa shape index (κ2) is 6.66. The molecule has 152 valence electrons. The molecular formula is C25H24FN3O. The van der Waals surface area contributed by atoms with Crippen molar-refractivity contribution in [2.75, 3.05) is 5.32 Å². The van der Waals surface area contributed by atoms with Crippen molar-refractivity contribution in [2.24, 2.45) is 5.41 Å². The highest BCUT2D eigenvalue weighted by molar-refractivity contribution is 6.01. The molecule has 0 amide bonds. The van der Waals surface area contributed by atoms with Crippen molar-refractivity contribution in [2.45, 2.75) is 39.5 Å². The number of para-hydroxylation sites is 1. The molecule has 1 aromatic heterocycles. The number of aryl methyl sites for hydroxylation is 1. The first kappa shape index (κ1) is 18.8. The number of nitrogens with one attached hydrogen (secondary N) is 1. The van der Waals surface area contributed by atoms with Crippen molar-refractivity contribution in [3.63, 3.8) is 0 Å². The molecule has 0 saturated heterocycles. The number of fused-ring (bicyclic) bond motifs is 1. The molecule has 30 heavy (non-hydrogen) atoms. The summed E-state index contributed by atoms with van der Waals surface area (Å²) < 4.78 is 15.6. The molecule has 0 radical (unpaired) electrons. The lowest BCUT2D eigenvalue weighted by molar-refractivity contribution is -0.118. The Hall–Kier alpha value is -3.21. The number of anilines is 1. The van der Waals surface area contributed by atoms with E-state index >= 15 is 0 Å². The number of hydrogen-bond donors (Lipinski definition) is 1. The van der Waals surface area contributed by atoms with Crippen LogP contribution in [0, 0.1) is 18.2 Å². The van der Waals surface area contributed by atoms with Crippen LogP contribution in [0.2, 0.25) is 0 Å². The van der Waals surface area contributed by atoms with Crippen LogP contribution in [0.3, 0.4) is 0 Å². The van der Waals surface area contributed by atoms with E-state index in [-0.39, 0.29) is 22.9 Å². The van der Waals surface area contributed by atoms with Gasteiger partial charge in [-0.05, 0) is 48.6 Å². The Labute approximate surface area is 175 Å². The van der Waals surface area contributed by atoms with Gasteiger partial charge in [-0.1, -0.05) is 44.2 Å². The lowest BCUT2D eigenvalue weighted by Crippen LogP contribution is -2.34. The van der Waals surface area contributed by atoms with Crippen LogP contribution in [0.4, 0.5) is 10.2 Å². The molecule has 4 nitrogen and oxygen atoms in total. The van der Waals surface area contributed by atoms with Gasteiger partial charge in [-0.25, -0.2) is 9.07 Å². The second-order valence-electron chi connectivity index (χ2n) is 9.04. The first-order chi connectivity index (χ1) is 14.3. The summed E-state index contributed by atoms with van der Waals surface area (Å²) >= 11 is 0. The molecule has 0 fully saturated rings. The molecule has 1 unspecified atom stereocenters. The zero-order chi connectivity index (χ0) is 21.0. The predicted molar refractivity (Wildman–Crippen MR) is 115 cm³/mol. The van der Waals surface area contributed by atoms with Crippen LogP contribution in [0.5, 0.6) is 0 Å². The number of Topliss-reactive ketones (excluding diaryl/α,β-unsaturated/α-hetero) is 1. The van der Waals surface area contributed by atoms with E-state index in [4.69, 9.17) is 5.10 Å². The summed E-state index contributed by atoms with van der Waals surface area (Å²) in [7, 11) is 0. The van der Waals surface area contributed by atoms with Gasteiger partial charge in [-0.2, -0.15) is 5.10 Å². The molecule has 1 aliphatic carbocycles. The van der Waals surface area contributed by atoms with Crippen molar-refractivity contribution < 1.29 is 9.18 Å². The Bertz CT molecular complexity index is 1170. The quantitative estimate of drug-likeness (QED) is 0.615. The number of hydrogen-bond acceptors (Lipinski definition) is 3. The number of aromatic nitrogens is 2. The predicted octanol–water partition coefficient (Wildman–Crippen LogP) is 5.52. The van der Waals surface area contributed by atoms with E-state index in [1.54, 1.807) is 12.1 Å². The number of halogens is 1. The van der Waals surface area contributed by atoms with Gasteiger partial charge in [0.15, 0.2) is 5.78 Å². The van der Waals surface area contributed by atoms with E-state index in [0.717, 1.165) is 46.0 Å². The average Bonchev–Trinajstić information content (AvgIpc) is 3.03. The fourth-order valence-electron chi connectivity index (χ4n) is 4.82. The van der Waals surface area contributed by atoms with E-state index in [0.29, 0.717) is 6.42 Å². The van der Waals surface area contributed by atoms with Crippen LogP contribution in [0.15, 0.2) is 65.9 Å². The van der Waals surface area contributed by atoms with E-state index in [1.165, 1.54) is 12.1 Å². The zero-order valence-electron chi connectivity index (χ0n) is 17.4. The van der Waals surface area contributed by atoms with Gasteiger partial charge < -0.3 is 5.32 Å². The largest absolute Gasteiger partial charge is 0.343 e. The fraction of sp³-hybridized carbons (Fsp3) is 0.280. The summed E-state index contributed by atoms with van der Waals surface area (Å²) in [5.74, 6) is 0.505. The van der Waals surface area contributed by atoms with Crippen LogP contribution < -0.4 is 5.32 Å². The number of rotatable bonds is 2. The Kier molecular flexibility index (Phi) is 4.17. The van der Waals surface area contributed by atoms with Gasteiger partial charge in [-0.15, -0.1) is 0 Å². The third-order valence-corrected chi connectivity index (χ3v) is 6.08. The Morgan fingerprint density at radius 3 is 2.47 bits per heavy atom. The van der Waals surface area contributed by atoms with Crippen LogP contribution in [-0.4, -0.2) is 15.6 Å². The minimum absolute atomic E-state index is 0.111. The van der Waals surface area contributed by atoms with Crippen molar-refractivity contribution >= 4 is 11.6 Å². The number of carbonyl (C=O) groups is 1. The van der Waals surface area contributed by atoms with Crippen molar-refractivity contribution in [3.05, 3.63) is 88.5 Å². The lowest BCUT2D eigenvalue weighted by Gasteiger charge is -2.38. The van der Waals surface area contributed by atoms with Gasteiger partial charge in [0.25, 0.3) is 0 Å². The zero-order valence-corrected chi connectivity index (χ0v) is 17.4. The van der Waals surface area contributed by atoms with E-state index in [9.17, 15) is 9.18 Å². The summed E-state index contributed by atoms with van der Waals surface area (Å²) in [5.41, 5.74) is 5.35. The monoisotopic (exact) mass is 401 g/mol. The molecule has 5 rings (SSSR count). The highest BCUT2D eigenvalue weighted by Gasteiger charge is 2.42. The molecule has 3 aromatic rings. The maximum absolute atomic E-state index is 13.7. The topological polar surface area (TPSA) is 46.9 Å². The number of allylic oxidation sites excluding steroid dienone is 2. The number of benzene rings is 2. The minimum atomic E-state index is -0.282. The average molecular weight is 401 g/mol. The molecule has 2 heterocycles. The maximum Gasteiger partial charge on any atom is 0.162 e. The third kappa shape index (κ3) is 2.96. The van der Waals surface area contributed by atoms with E-state index in [1.807, 2.05) is 41.9 Å². The van der Waals surface area contributed by atoms with Crippen molar-refractivity contribution in [1.29, 1.82) is 0 Å². The summed E-state index contributed by atoms with van der Waals surface area (Å²) in [4.78, 5) is 13.3. The molecule has 1 aliphatic heterocycles. The van der Waals surface area contributed by atoms with Gasteiger partial charge in [-0.3, -0.25) is 4.79 Å². The minimum Gasteiger partial charge on any atom is -0.343 e. The summed E-state index contributed by atoms with van der Waals surface area (Å²) in [5, 5.41) is 8.39. The van der Waals surface area contributed by atoms with E-state index in [2.05, 4.69) is 19.2 Å². The highest BCUT2D eigenvalue weighted by Crippen LogP contribution is 2.50. The standard InChI is InChI=1S/C25H24FN3O/c1-15-21-22(16-9-11-17(26)12-10-16)23-19(13-25(2,3)14-20(23)30)27-24(21)29(28-15)18-7-5-4-6-8-18/h4-12,22,27H,13-14H2,1-3H3. The maximum atomic E-state index is 13.7. The van der Waals surface area contributed by atoms with E-state index < -0.39 is 0 Å². The van der Waals surface area contributed by atoms with Crippen LogP contribution in [0.1, 0.15) is 49.4 Å². The summed E-state index contributed by atoms with van der Waals surface area (Å²) in [6, 6.07) is 16.5.